The molecule has 5 atom stereocenters. The lowest BCUT2D eigenvalue weighted by atomic mass is 10.1. The number of anilines is 1. The number of alkyl halides is 1. The topological polar surface area (TPSA) is 141 Å². The van der Waals surface area contributed by atoms with Crippen molar-refractivity contribution in [3.05, 3.63) is 52.6 Å². The molecule has 3 rings (SSSR count). The summed E-state index contributed by atoms with van der Waals surface area (Å²) >= 11 is 5.61. The van der Waals surface area contributed by atoms with Gasteiger partial charge < -0.3 is 34.5 Å². The molecule has 0 aliphatic carbocycles. The smallest absolute Gasteiger partial charge is 0.351 e. The summed E-state index contributed by atoms with van der Waals surface area (Å²) in [4.78, 5) is 29.0. The summed E-state index contributed by atoms with van der Waals surface area (Å²) in [6, 6.07) is 7.84. The Morgan fingerprint density at radius 1 is 1.33 bits per heavy atom. The van der Waals surface area contributed by atoms with Crippen molar-refractivity contribution in [2.75, 3.05) is 31.5 Å². The van der Waals surface area contributed by atoms with E-state index in [1.807, 2.05) is 0 Å². The van der Waals surface area contributed by atoms with Crippen molar-refractivity contribution in [3.63, 3.8) is 0 Å². The van der Waals surface area contributed by atoms with Gasteiger partial charge in [0.05, 0.1) is 20.3 Å². The molecule has 12 heteroatoms. The van der Waals surface area contributed by atoms with E-state index in [4.69, 9.17) is 30.5 Å². The van der Waals surface area contributed by atoms with Gasteiger partial charge in [0.25, 0.3) is 5.91 Å². The highest BCUT2D eigenvalue weighted by atomic mass is 35.5. The fraction of sp³-hybridized carbons (Fsp3) is 0.476. The molecule has 11 nitrogen and oxygen atoms in total. The number of nitrogens with one attached hydrogen (secondary N) is 1. The maximum atomic E-state index is 12.7. The lowest BCUT2D eigenvalue weighted by molar-refractivity contribution is -0.191. The first kappa shape index (κ1) is 25.1. The third-order valence-corrected chi connectivity index (χ3v) is 5.12. The fourth-order valence-electron chi connectivity index (χ4n) is 3.32. The maximum Gasteiger partial charge on any atom is 0.351 e. The Labute approximate surface area is 194 Å². The van der Waals surface area contributed by atoms with Crippen LogP contribution >= 0.6 is 11.6 Å². The molecule has 2 aromatic rings. The minimum atomic E-state index is -1.22. The number of aliphatic hydroxyl groups excluding tert-OH is 2. The highest BCUT2D eigenvalue weighted by Gasteiger charge is 2.46. The summed E-state index contributed by atoms with van der Waals surface area (Å²) in [6.45, 7) is 1.36. The highest BCUT2D eigenvalue weighted by molar-refractivity contribution is 6.17. The van der Waals surface area contributed by atoms with Crippen molar-refractivity contribution < 1.29 is 34.0 Å². The number of ether oxygens (including phenoxy) is 4. The van der Waals surface area contributed by atoms with E-state index in [1.54, 1.807) is 31.2 Å². The summed E-state index contributed by atoms with van der Waals surface area (Å²) < 4.78 is 22.9. The number of halogens is 1. The van der Waals surface area contributed by atoms with Crippen molar-refractivity contribution in [1.29, 1.82) is 0 Å². The van der Waals surface area contributed by atoms with E-state index in [1.165, 1.54) is 19.4 Å². The van der Waals surface area contributed by atoms with Gasteiger partial charge in [-0.2, -0.15) is 4.98 Å². The molecule has 3 N–H and O–H groups in total. The Hall–Kier alpha value is -2.54. The number of carbonyl (C=O) groups excluding carboxylic acids is 1. The molecule has 1 aromatic carbocycles. The number of hydrogen-bond donors (Lipinski definition) is 3. The Morgan fingerprint density at radius 3 is 2.67 bits per heavy atom. The number of aromatic nitrogens is 2. The SMILES string of the molecule is COc1ccc(C(=O)Nc2ccn([C@@H]3O[C@H](CO)[C@@H](O)[C@H]3OC(C)OCCCl)c(=O)n2)cc1. The third-order valence-electron chi connectivity index (χ3n) is 4.97. The van der Waals surface area contributed by atoms with Crippen LogP contribution in [0.4, 0.5) is 5.82 Å². The van der Waals surface area contributed by atoms with E-state index >= 15 is 0 Å². The van der Waals surface area contributed by atoms with E-state index in [-0.39, 0.29) is 18.3 Å². The molecule has 1 amide bonds. The van der Waals surface area contributed by atoms with Gasteiger partial charge >= 0.3 is 5.69 Å². The second-order valence-corrected chi connectivity index (χ2v) is 7.53. The summed E-state index contributed by atoms with van der Waals surface area (Å²) in [5.41, 5.74) is -0.393. The average Bonchev–Trinajstić information content (AvgIpc) is 3.12. The van der Waals surface area contributed by atoms with Crippen LogP contribution in [0.2, 0.25) is 0 Å². The first-order valence-corrected chi connectivity index (χ1v) is 10.7. The molecule has 2 heterocycles. The number of nitrogens with zero attached hydrogens (tertiary/aromatic N) is 2. The molecule has 0 bridgehead atoms. The predicted octanol–water partition coefficient (Wildman–Crippen LogP) is 0.741. The van der Waals surface area contributed by atoms with Crippen LogP contribution < -0.4 is 15.7 Å². The van der Waals surface area contributed by atoms with Crippen molar-refractivity contribution in [3.8, 4) is 5.75 Å². The fourth-order valence-corrected chi connectivity index (χ4v) is 3.41. The molecule has 0 spiro atoms. The van der Waals surface area contributed by atoms with Gasteiger partial charge in [0.2, 0.25) is 0 Å². The molecule has 1 aliphatic heterocycles. The van der Waals surface area contributed by atoms with Crippen molar-refractivity contribution in [1.82, 2.24) is 9.55 Å². The molecule has 1 aromatic heterocycles. The van der Waals surface area contributed by atoms with Gasteiger partial charge in [-0.1, -0.05) is 0 Å². The number of aliphatic hydroxyl groups is 2. The number of amides is 1. The molecule has 1 saturated heterocycles. The van der Waals surface area contributed by atoms with Gasteiger partial charge in [0.1, 0.15) is 29.9 Å². The molecule has 180 valence electrons. The van der Waals surface area contributed by atoms with Crippen LogP contribution in [0.3, 0.4) is 0 Å². The van der Waals surface area contributed by atoms with E-state index < -0.39 is 49.0 Å². The predicted molar refractivity (Wildman–Crippen MR) is 117 cm³/mol. The third kappa shape index (κ3) is 6.08. The van der Waals surface area contributed by atoms with Gasteiger partial charge in [-0.15, -0.1) is 11.6 Å². The first-order valence-electron chi connectivity index (χ1n) is 10.2. The lowest BCUT2D eigenvalue weighted by Crippen LogP contribution is -2.40. The van der Waals surface area contributed by atoms with Crippen molar-refractivity contribution in [2.24, 2.45) is 0 Å². The van der Waals surface area contributed by atoms with Crippen LogP contribution in [0.1, 0.15) is 23.5 Å². The van der Waals surface area contributed by atoms with Gasteiger partial charge in [-0.3, -0.25) is 9.36 Å². The Balaban J connectivity index is 1.76. The number of carbonyl (C=O) groups is 1. The van der Waals surface area contributed by atoms with Gasteiger partial charge in [-0.05, 0) is 37.3 Å². The van der Waals surface area contributed by atoms with Gasteiger partial charge in [0.15, 0.2) is 12.5 Å². The molecule has 1 aliphatic rings. The average molecular weight is 484 g/mol. The molecular weight excluding hydrogens is 458 g/mol. The highest BCUT2D eigenvalue weighted by Crippen LogP contribution is 2.31. The zero-order chi connectivity index (χ0) is 24.0. The molecule has 33 heavy (non-hydrogen) atoms. The van der Waals surface area contributed by atoms with E-state index in [0.717, 1.165) is 4.57 Å². The summed E-state index contributed by atoms with van der Waals surface area (Å²) in [7, 11) is 1.52. The van der Waals surface area contributed by atoms with Gasteiger partial charge in [0, 0.05) is 17.6 Å². The Kier molecular flexibility index (Phi) is 8.78. The first-order chi connectivity index (χ1) is 15.9. The lowest BCUT2D eigenvalue weighted by Gasteiger charge is -2.25. The summed E-state index contributed by atoms with van der Waals surface area (Å²) in [5.74, 6) is 0.436. The molecule has 1 fully saturated rings. The molecule has 0 radical (unpaired) electrons. The molecule has 1 unspecified atom stereocenters. The Bertz CT molecular complexity index is 986. The van der Waals surface area contributed by atoms with Crippen LogP contribution in [0.5, 0.6) is 5.75 Å². The number of methoxy groups -OCH3 is 1. The van der Waals surface area contributed by atoms with Crippen LogP contribution in [0.25, 0.3) is 0 Å². The Morgan fingerprint density at radius 2 is 2.06 bits per heavy atom. The van der Waals surface area contributed by atoms with Gasteiger partial charge in [-0.25, -0.2) is 4.79 Å². The van der Waals surface area contributed by atoms with E-state index in [0.29, 0.717) is 11.3 Å². The van der Waals surface area contributed by atoms with Crippen LogP contribution in [-0.2, 0) is 14.2 Å². The number of benzene rings is 1. The minimum absolute atomic E-state index is 0.0330. The largest absolute Gasteiger partial charge is 0.497 e. The second kappa shape index (κ2) is 11.5. The zero-order valence-electron chi connectivity index (χ0n) is 18.1. The van der Waals surface area contributed by atoms with Crippen LogP contribution in [0, 0.1) is 0 Å². The van der Waals surface area contributed by atoms with Crippen molar-refractivity contribution >= 4 is 23.3 Å². The minimum Gasteiger partial charge on any atom is -0.497 e. The monoisotopic (exact) mass is 483 g/mol. The van der Waals surface area contributed by atoms with E-state index in [9.17, 15) is 19.8 Å². The van der Waals surface area contributed by atoms with Crippen LogP contribution in [-0.4, -0.2) is 76.5 Å². The quantitative estimate of drug-likeness (QED) is 0.329. The number of rotatable bonds is 10. The standard InChI is InChI=1S/C21H26ClN3O8/c1-12(31-10-8-22)32-18-17(27)15(11-26)33-20(18)25-9-7-16(24-21(25)29)23-19(28)13-3-5-14(30-2)6-4-13/h3-7,9,12,15,17-18,20,26-27H,8,10-11H2,1-2H3,(H,23,24,28,29)/t12?,15-,17-,18-,20-/m1/s1. The van der Waals surface area contributed by atoms with Crippen molar-refractivity contribution in [2.45, 2.75) is 37.8 Å². The molecular formula is C21H26ClN3O8. The normalized spacial score (nSPS) is 23.3. The summed E-state index contributed by atoms with van der Waals surface area (Å²) in [5, 5.41) is 22.5. The summed E-state index contributed by atoms with van der Waals surface area (Å²) in [6.07, 6.45) is -3.68. The van der Waals surface area contributed by atoms with Crippen LogP contribution in [0.15, 0.2) is 41.3 Å². The number of hydrogen-bond acceptors (Lipinski definition) is 9. The zero-order valence-corrected chi connectivity index (χ0v) is 18.8. The van der Waals surface area contributed by atoms with E-state index in [2.05, 4.69) is 10.3 Å². The second-order valence-electron chi connectivity index (χ2n) is 7.15. The molecule has 0 saturated carbocycles. The maximum absolute atomic E-state index is 12.7.